The zero-order valence-electron chi connectivity index (χ0n) is 10.4. The second-order valence-electron chi connectivity index (χ2n) is 4.17. The molecule has 10 heteroatoms. The lowest BCUT2D eigenvalue weighted by atomic mass is 10.0. The summed E-state index contributed by atoms with van der Waals surface area (Å²) >= 11 is 0. The van der Waals surface area contributed by atoms with Gasteiger partial charge in [-0.1, -0.05) is 0 Å². The maximum absolute atomic E-state index is 12.8. The van der Waals surface area contributed by atoms with Gasteiger partial charge in [0.15, 0.2) is 0 Å². The fraction of sp³-hybridized carbons (Fsp3) is 0.400. The zero-order chi connectivity index (χ0) is 15.7. The molecule has 7 nitrogen and oxygen atoms in total. The summed E-state index contributed by atoms with van der Waals surface area (Å²) in [7, 11) is 0. The zero-order valence-corrected chi connectivity index (χ0v) is 10.4. The Morgan fingerprint density at radius 1 is 1.50 bits per heavy atom. The number of hydrogen-bond donors (Lipinski definition) is 2. The minimum Gasteiger partial charge on any atom is -0.479 e. The van der Waals surface area contributed by atoms with Gasteiger partial charge in [0.05, 0.1) is 4.92 Å². The van der Waals surface area contributed by atoms with Crippen molar-refractivity contribution < 1.29 is 28.0 Å². The Hall–Kier alpha value is -2.39. The van der Waals surface area contributed by atoms with Crippen molar-refractivity contribution in [2.24, 2.45) is 0 Å². The van der Waals surface area contributed by atoms with Crippen LogP contribution in [0.4, 0.5) is 24.7 Å². The molecule has 1 unspecified atom stereocenters. The molecule has 0 amide bonds. The van der Waals surface area contributed by atoms with Crippen molar-refractivity contribution in [3.05, 3.63) is 27.9 Å². The van der Waals surface area contributed by atoms with E-state index in [1.807, 2.05) is 0 Å². The van der Waals surface area contributed by atoms with Gasteiger partial charge in [0.1, 0.15) is 12.0 Å². The lowest BCUT2D eigenvalue weighted by Crippen LogP contribution is -2.55. The van der Waals surface area contributed by atoms with E-state index in [0.717, 1.165) is 12.3 Å². The maximum Gasteiger partial charge on any atom is 0.422 e. The highest BCUT2D eigenvalue weighted by atomic mass is 19.4. The number of nitrogens with one attached hydrogen (secondary N) is 1. The van der Waals surface area contributed by atoms with E-state index in [1.54, 1.807) is 5.32 Å². The van der Waals surface area contributed by atoms with E-state index < -0.39 is 34.1 Å². The predicted octanol–water partition coefficient (Wildman–Crippen LogP) is 2.12. The molecular formula is C10H10F3N3O4. The molecule has 0 bridgehead atoms. The highest BCUT2D eigenvalue weighted by Crippen LogP contribution is 2.34. The second kappa shape index (κ2) is 4.94. The van der Waals surface area contributed by atoms with Crippen LogP contribution in [-0.4, -0.2) is 32.7 Å². The van der Waals surface area contributed by atoms with Gasteiger partial charge in [-0.3, -0.25) is 10.1 Å². The van der Waals surface area contributed by atoms with Crippen LogP contribution < -0.4 is 5.32 Å². The summed E-state index contributed by atoms with van der Waals surface area (Å²) in [6.07, 6.45) is -4.33. The van der Waals surface area contributed by atoms with E-state index in [-0.39, 0.29) is 5.56 Å². The molecule has 0 aliphatic carbocycles. The van der Waals surface area contributed by atoms with E-state index in [1.165, 1.54) is 6.92 Å². The highest BCUT2D eigenvalue weighted by molar-refractivity contribution is 5.83. The van der Waals surface area contributed by atoms with E-state index in [4.69, 9.17) is 5.11 Å². The van der Waals surface area contributed by atoms with Crippen molar-refractivity contribution in [2.45, 2.75) is 25.6 Å². The average Bonchev–Trinajstić information content (AvgIpc) is 2.29. The van der Waals surface area contributed by atoms with E-state index in [9.17, 15) is 28.1 Å². The molecule has 0 saturated heterocycles. The van der Waals surface area contributed by atoms with Crippen LogP contribution in [0.2, 0.25) is 0 Å². The molecule has 0 aliphatic rings. The van der Waals surface area contributed by atoms with Crippen LogP contribution in [0.5, 0.6) is 0 Å². The SMILES string of the molecule is Cc1cc([N+](=O)[O-])cnc1NC(C)(C(=O)O)C(F)(F)F. The van der Waals surface area contributed by atoms with Crippen LogP contribution in [0.25, 0.3) is 0 Å². The second-order valence-corrected chi connectivity index (χ2v) is 4.17. The molecule has 110 valence electrons. The number of aryl methyl sites for hydroxylation is 1. The molecule has 1 rings (SSSR count). The third-order valence-electron chi connectivity index (χ3n) is 2.64. The number of anilines is 1. The minimum atomic E-state index is -5.07. The molecule has 0 aliphatic heterocycles. The third kappa shape index (κ3) is 2.78. The van der Waals surface area contributed by atoms with Crippen LogP contribution >= 0.6 is 0 Å². The molecule has 0 aromatic carbocycles. The monoisotopic (exact) mass is 293 g/mol. The summed E-state index contributed by atoms with van der Waals surface area (Å²) in [5.74, 6) is -2.53. The van der Waals surface area contributed by atoms with Gasteiger partial charge in [-0.15, -0.1) is 0 Å². The van der Waals surface area contributed by atoms with Crippen LogP contribution in [-0.2, 0) is 4.79 Å². The Balaban J connectivity index is 3.20. The smallest absolute Gasteiger partial charge is 0.422 e. The van der Waals surface area contributed by atoms with E-state index in [0.29, 0.717) is 6.92 Å². The normalized spacial score (nSPS) is 14.4. The standard InChI is InChI=1S/C10H10F3N3O4/c1-5-3-6(16(19)20)4-14-7(5)15-9(2,8(17)18)10(11,12)13/h3-4H,1-2H3,(H,14,15)(H,17,18). The number of carbonyl (C=O) groups is 1. The molecule has 20 heavy (non-hydrogen) atoms. The molecule has 0 radical (unpaired) electrons. The number of pyridine rings is 1. The minimum absolute atomic E-state index is 0.0240. The van der Waals surface area contributed by atoms with Crippen LogP contribution in [0, 0.1) is 17.0 Å². The van der Waals surface area contributed by atoms with Gasteiger partial charge >= 0.3 is 12.1 Å². The number of carboxylic acid groups (broad SMARTS) is 1. The first kappa shape index (κ1) is 15.7. The average molecular weight is 293 g/mol. The Labute approximate surface area is 110 Å². The molecule has 1 heterocycles. The number of aliphatic carboxylic acids is 1. The quantitative estimate of drug-likeness (QED) is 0.650. The largest absolute Gasteiger partial charge is 0.479 e. The van der Waals surface area contributed by atoms with Gasteiger partial charge in [0.2, 0.25) is 5.54 Å². The van der Waals surface area contributed by atoms with Crippen molar-refractivity contribution in [2.75, 3.05) is 5.32 Å². The predicted molar refractivity (Wildman–Crippen MR) is 61.3 cm³/mol. The van der Waals surface area contributed by atoms with Crippen LogP contribution in [0.3, 0.4) is 0 Å². The molecule has 1 aromatic rings. The first-order valence-electron chi connectivity index (χ1n) is 5.18. The lowest BCUT2D eigenvalue weighted by Gasteiger charge is -2.29. The van der Waals surface area contributed by atoms with Gasteiger partial charge in [-0.2, -0.15) is 13.2 Å². The number of rotatable bonds is 4. The fourth-order valence-electron chi connectivity index (χ4n) is 1.27. The molecule has 2 N–H and O–H groups in total. The fourth-order valence-corrected chi connectivity index (χ4v) is 1.27. The van der Waals surface area contributed by atoms with Gasteiger partial charge in [-0.25, -0.2) is 9.78 Å². The lowest BCUT2D eigenvalue weighted by molar-refractivity contribution is -0.385. The summed E-state index contributed by atoms with van der Waals surface area (Å²) < 4.78 is 38.4. The van der Waals surface area contributed by atoms with Crippen molar-refractivity contribution >= 4 is 17.5 Å². The molecule has 0 fully saturated rings. The summed E-state index contributed by atoms with van der Waals surface area (Å²) in [6.45, 7) is 1.72. The molecule has 0 saturated carbocycles. The summed E-state index contributed by atoms with van der Waals surface area (Å²) in [6, 6.07) is 0.994. The maximum atomic E-state index is 12.8. The molecule has 1 atom stereocenters. The summed E-state index contributed by atoms with van der Waals surface area (Å²) in [4.78, 5) is 24.0. The van der Waals surface area contributed by atoms with Gasteiger partial charge in [0.25, 0.3) is 5.69 Å². The Morgan fingerprint density at radius 2 is 2.05 bits per heavy atom. The van der Waals surface area contributed by atoms with Crippen molar-refractivity contribution in [3.63, 3.8) is 0 Å². The van der Waals surface area contributed by atoms with Crippen LogP contribution in [0.1, 0.15) is 12.5 Å². The van der Waals surface area contributed by atoms with Gasteiger partial charge in [0, 0.05) is 6.07 Å². The third-order valence-corrected chi connectivity index (χ3v) is 2.64. The highest BCUT2D eigenvalue weighted by Gasteiger charge is 2.58. The molecule has 1 aromatic heterocycles. The van der Waals surface area contributed by atoms with Crippen molar-refractivity contribution in [3.8, 4) is 0 Å². The Bertz CT molecular complexity index is 561. The number of nitrogens with zero attached hydrogens (tertiary/aromatic N) is 2. The van der Waals surface area contributed by atoms with Gasteiger partial charge < -0.3 is 10.4 Å². The van der Waals surface area contributed by atoms with E-state index >= 15 is 0 Å². The number of nitro groups is 1. The Morgan fingerprint density at radius 3 is 2.40 bits per heavy atom. The number of alkyl halides is 3. The molecule has 0 spiro atoms. The number of carboxylic acids is 1. The Kier molecular flexibility index (Phi) is 3.87. The van der Waals surface area contributed by atoms with Crippen molar-refractivity contribution in [1.82, 2.24) is 4.98 Å². The molecular weight excluding hydrogens is 283 g/mol. The van der Waals surface area contributed by atoms with Crippen molar-refractivity contribution in [1.29, 1.82) is 0 Å². The topological polar surface area (TPSA) is 105 Å². The summed E-state index contributed by atoms with van der Waals surface area (Å²) in [5, 5.41) is 21.0. The van der Waals surface area contributed by atoms with Gasteiger partial charge in [-0.05, 0) is 19.4 Å². The summed E-state index contributed by atoms with van der Waals surface area (Å²) in [5.41, 5.74) is -3.63. The number of aromatic nitrogens is 1. The first-order chi connectivity index (χ1) is 8.99. The first-order valence-corrected chi connectivity index (χ1v) is 5.18. The van der Waals surface area contributed by atoms with Crippen LogP contribution in [0.15, 0.2) is 12.3 Å². The number of hydrogen-bond acceptors (Lipinski definition) is 5. The number of halogens is 3. The van der Waals surface area contributed by atoms with E-state index in [2.05, 4.69) is 4.98 Å².